The zero-order chi connectivity index (χ0) is 21.4. The second-order valence-electron chi connectivity index (χ2n) is 6.14. The molecule has 0 aliphatic rings. The fraction of sp³-hybridized carbons (Fsp3) is 0.368. The Bertz CT molecular complexity index is 899. The second-order valence-corrected chi connectivity index (χ2v) is 9.33. The summed E-state index contributed by atoms with van der Waals surface area (Å²) in [6, 6.07) is 9.56. The maximum atomic E-state index is 12.0. The van der Waals surface area contributed by atoms with Crippen molar-refractivity contribution >= 4 is 27.8 Å². The highest BCUT2D eigenvalue weighted by atomic mass is 32.2. The number of rotatable bonds is 10. The molecule has 0 aliphatic heterocycles. The number of sulfonamides is 1. The number of aliphatic hydroxyl groups is 1. The van der Waals surface area contributed by atoms with Gasteiger partial charge in [-0.15, -0.1) is 11.8 Å². The van der Waals surface area contributed by atoms with Gasteiger partial charge < -0.3 is 14.6 Å². The van der Waals surface area contributed by atoms with Crippen molar-refractivity contribution in [3.05, 3.63) is 48.2 Å². The van der Waals surface area contributed by atoms with Gasteiger partial charge in [0.15, 0.2) is 0 Å². The van der Waals surface area contributed by atoms with E-state index in [1.807, 2.05) is 0 Å². The van der Waals surface area contributed by atoms with Gasteiger partial charge in [-0.3, -0.25) is 0 Å². The molecular weight excluding hydrogens is 416 g/mol. The normalized spacial score (nSPS) is 12.6. The third-order valence-electron chi connectivity index (χ3n) is 3.72. The first-order valence-electron chi connectivity index (χ1n) is 8.83. The summed E-state index contributed by atoms with van der Waals surface area (Å²) in [5, 5.41) is 10.7. The first-order chi connectivity index (χ1) is 13.7. The number of benzene rings is 1. The van der Waals surface area contributed by atoms with Gasteiger partial charge in [0, 0.05) is 26.0 Å². The molecule has 1 atom stereocenters. The predicted octanol–water partition coefficient (Wildman–Crippen LogP) is 2.04. The highest BCUT2D eigenvalue weighted by Crippen LogP contribution is 2.20. The monoisotopic (exact) mass is 440 g/mol. The number of nitrogens with zero attached hydrogens (tertiary/aromatic N) is 2. The minimum atomic E-state index is -3.51. The molecule has 0 saturated carbocycles. The quantitative estimate of drug-likeness (QED) is 0.442. The highest BCUT2D eigenvalue weighted by molar-refractivity contribution is 7.99. The molecule has 10 heteroatoms. The van der Waals surface area contributed by atoms with E-state index in [1.165, 1.54) is 38.1 Å². The average Bonchev–Trinajstić information content (AvgIpc) is 2.71. The summed E-state index contributed by atoms with van der Waals surface area (Å²) in [6.07, 6.45) is 0.544. The van der Waals surface area contributed by atoms with E-state index in [2.05, 4.69) is 4.98 Å². The molecule has 158 valence electrons. The van der Waals surface area contributed by atoms with E-state index in [0.717, 1.165) is 4.31 Å². The fourth-order valence-corrected chi connectivity index (χ4v) is 3.74. The number of carbonyl (C=O) groups excluding carboxylic acids is 1. The number of pyridine rings is 1. The van der Waals surface area contributed by atoms with Gasteiger partial charge in [-0.2, -0.15) is 0 Å². The molecule has 0 saturated heterocycles. The Labute approximate surface area is 174 Å². The van der Waals surface area contributed by atoms with Gasteiger partial charge in [0.25, 0.3) is 0 Å². The van der Waals surface area contributed by atoms with E-state index < -0.39 is 22.1 Å². The summed E-state index contributed by atoms with van der Waals surface area (Å²) in [7, 11) is -0.599. The molecule has 0 fully saturated rings. The standard InChI is InChI=1S/C19H24N2O6S2/c1-4-26-19(23)14-5-7-16(8-6-14)27-12-15(22)13-28-18-10-9-17(11-20-18)29(24,25)21(2)3/h5-11,15,22H,4,12-13H2,1-3H3. The van der Waals surface area contributed by atoms with Gasteiger partial charge in [0.05, 0.1) is 23.3 Å². The van der Waals surface area contributed by atoms with Gasteiger partial charge in [0.2, 0.25) is 10.0 Å². The number of hydrogen-bond acceptors (Lipinski definition) is 8. The molecule has 2 aromatic rings. The predicted molar refractivity (Wildman–Crippen MR) is 110 cm³/mol. The Kier molecular flexibility index (Phi) is 8.45. The van der Waals surface area contributed by atoms with E-state index in [0.29, 0.717) is 28.7 Å². The van der Waals surface area contributed by atoms with Gasteiger partial charge in [-0.05, 0) is 43.3 Å². The van der Waals surface area contributed by atoms with Crippen LogP contribution in [0.25, 0.3) is 0 Å². The molecule has 1 heterocycles. The van der Waals surface area contributed by atoms with Crippen LogP contribution in [-0.4, -0.2) is 67.9 Å². The summed E-state index contributed by atoms with van der Waals surface area (Å²) in [6.45, 7) is 2.12. The van der Waals surface area contributed by atoms with Crippen LogP contribution in [0.2, 0.25) is 0 Å². The van der Waals surface area contributed by atoms with Crippen molar-refractivity contribution in [2.45, 2.75) is 22.9 Å². The smallest absolute Gasteiger partial charge is 0.338 e. The Hall–Kier alpha value is -2.14. The number of aromatic nitrogens is 1. The maximum Gasteiger partial charge on any atom is 0.338 e. The molecule has 1 aromatic heterocycles. The van der Waals surface area contributed by atoms with Crippen molar-refractivity contribution < 1.29 is 27.8 Å². The lowest BCUT2D eigenvalue weighted by Crippen LogP contribution is -2.22. The van der Waals surface area contributed by atoms with E-state index in [4.69, 9.17) is 9.47 Å². The van der Waals surface area contributed by atoms with E-state index in [-0.39, 0.29) is 11.5 Å². The topological polar surface area (TPSA) is 106 Å². The summed E-state index contributed by atoms with van der Waals surface area (Å²) in [5.41, 5.74) is 0.432. The summed E-state index contributed by atoms with van der Waals surface area (Å²) >= 11 is 1.29. The number of thioether (sulfide) groups is 1. The highest BCUT2D eigenvalue weighted by Gasteiger charge is 2.17. The molecule has 1 N–H and O–H groups in total. The number of ether oxygens (including phenoxy) is 2. The van der Waals surface area contributed by atoms with Crippen LogP contribution in [0.4, 0.5) is 0 Å². The van der Waals surface area contributed by atoms with Crippen molar-refractivity contribution in [2.75, 3.05) is 33.1 Å². The maximum absolute atomic E-state index is 12.0. The molecule has 0 aliphatic carbocycles. The molecule has 1 unspecified atom stereocenters. The van der Waals surface area contributed by atoms with Crippen molar-refractivity contribution in [2.24, 2.45) is 0 Å². The van der Waals surface area contributed by atoms with Gasteiger partial charge >= 0.3 is 5.97 Å². The van der Waals surface area contributed by atoms with Crippen LogP contribution < -0.4 is 4.74 Å². The minimum Gasteiger partial charge on any atom is -0.491 e. The molecule has 29 heavy (non-hydrogen) atoms. The first kappa shape index (κ1) is 23.1. The SMILES string of the molecule is CCOC(=O)c1ccc(OCC(O)CSc2ccc(S(=O)(=O)N(C)C)cn2)cc1. The largest absolute Gasteiger partial charge is 0.491 e. The molecule has 0 bridgehead atoms. The third kappa shape index (κ3) is 6.70. The molecule has 0 radical (unpaired) electrons. The zero-order valence-corrected chi connectivity index (χ0v) is 18.1. The lowest BCUT2D eigenvalue weighted by atomic mass is 10.2. The van der Waals surface area contributed by atoms with Crippen molar-refractivity contribution in [3.8, 4) is 5.75 Å². The number of aliphatic hydroxyl groups excluding tert-OH is 1. The Morgan fingerprint density at radius 1 is 1.21 bits per heavy atom. The molecule has 2 rings (SSSR count). The number of hydrogen-bond donors (Lipinski definition) is 1. The van der Waals surface area contributed by atoms with Gasteiger partial charge in [0.1, 0.15) is 17.3 Å². The van der Waals surface area contributed by atoms with E-state index >= 15 is 0 Å². The van der Waals surface area contributed by atoms with E-state index in [1.54, 1.807) is 37.3 Å². The molecule has 1 aromatic carbocycles. The van der Waals surface area contributed by atoms with Crippen molar-refractivity contribution in [1.82, 2.24) is 9.29 Å². The van der Waals surface area contributed by atoms with Crippen LogP contribution in [-0.2, 0) is 14.8 Å². The minimum absolute atomic E-state index is 0.0683. The van der Waals surface area contributed by atoms with Crippen LogP contribution in [0.5, 0.6) is 5.75 Å². The van der Waals surface area contributed by atoms with Gasteiger partial charge in [-0.1, -0.05) is 0 Å². The van der Waals surface area contributed by atoms with Gasteiger partial charge in [-0.25, -0.2) is 22.5 Å². The summed E-state index contributed by atoms with van der Waals surface area (Å²) < 4.78 is 35.6. The molecular formula is C19H24N2O6S2. The lowest BCUT2D eigenvalue weighted by molar-refractivity contribution is 0.0526. The Morgan fingerprint density at radius 2 is 1.90 bits per heavy atom. The summed E-state index contributed by atoms with van der Waals surface area (Å²) in [5.74, 6) is 0.457. The molecule has 0 spiro atoms. The second kappa shape index (κ2) is 10.6. The molecule has 0 amide bonds. The fourth-order valence-electron chi connectivity index (χ4n) is 2.14. The van der Waals surface area contributed by atoms with Crippen molar-refractivity contribution in [1.29, 1.82) is 0 Å². The first-order valence-corrected chi connectivity index (χ1v) is 11.3. The zero-order valence-electron chi connectivity index (χ0n) is 16.4. The number of esters is 1. The molecule has 8 nitrogen and oxygen atoms in total. The Morgan fingerprint density at radius 3 is 2.45 bits per heavy atom. The van der Waals surface area contributed by atoms with Crippen LogP contribution in [0, 0.1) is 0 Å². The van der Waals surface area contributed by atoms with Crippen LogP contribution in [0.15, 0.2) is 52.5 Å². The third-order valence-corrected chi connectivity index (χ3v) is 6.61. The van der Waals surface area contributed by atoms with Crippen LogP contribution in [0.3, 0.4) is 0 Å². The van der Waals surface area contributed by atoms with E-state index in [9.17, 15) is 18.3 Å². The van der Waals surface area contributed by atoms with Crippen molar-refractivity contribution in [3.63, 3.8) is 0 Å². The summed E-state index contributed by atoms with van der Waals surface area (Å²) in [4.78, 5) is 15.8. The Balaban J connectivity index is 1.81. The average molecular weight is 441 g/mol. The van der Waals surface area contributed by atoms with Crippen LogP contribution >= 0.6 is 11.8 Å². The van der Waals surface area contributed by atoms with Crippen LogP contribution in [0.1, 0.15) is 17.3 Å². The lowest BCUT2D eigenvalue weighted by Gasteiger charge is -2.13. The number of carbonyl (C=O) groups is 1.